The molecule has 2 heterocycles. The van der Waals surface area contributed by atoms with Crippen molar-refractivity contribution in [1.82, 2.24) is 0 Å². The van der Waals surface area contributed by atoms with Crippen molar-refractivity contribution in [3.05, 3.63) is 143 Å². The van der Waals surface area contributed by atoms with E-state index in [0.29, 0.717) is 0 Å². The summed E-state index contributed by atoms with van der Waals surface area (Å²) in [6.07, 6.45) is 11.3. The van der Waals surface area contributed by atoms with Gasteiger partial charge in [0.05, 0.1) is 11.8 Å². The lowest BCUT2D eigenvalue weighted by Crippen LogP contribution is -2.33. The van der Waals surface area contributed by atoms with E-state index in [1.54, 1.807) is 0 Å². The first-order chi connectivity index (χ1) is 22.1. The van der Waals surface area contributed by atoms with Crippen LogP contribution in [0.3, 0.4) is 0 Å². The zero-order valence-electron chi connectivity index (χ0n) is 25.7. The zero-order valence-corrected chi connectivity index (χ0v) is 26.4. The third-order valence-corrected chi connectivity index (χ3v) is 9.10. The Bertz CT molecular complexity index is 1980. The predicted molar refractivity (Wildman–Crippen MR) is 185 cm³/mol. The molecule has 1 aliphatic heterocycles. The van der Waals surface area contributed by atoms with Gasteiger partial charge in [-0.1, -0.05) is 90.5 Å². The maximum Gasteiger partial charge on any atom is 0.374 e. The maximum absolute atomic E-state index is 7.03. The molecule has 0 amide bonds. The molecule has 0 spiro atoms. The number of aryl methyl sites for hydroxylation is 1. The van der Waals surface area contributed by atoms with E-state index < -0.39 is 0 Å². The molecule has 7 rings (SSSR count). The number of hydrogen-bond donors (Lipinski definition) is 0. The Kier molecular flexibility index (Phi) is 8.15. The smallest absolute Gasteiger partial charge is 0.374 e. The third-order valence-electron chi connectivity index (χ3n) is 8.62. The van der Waals surface area contributed by atoms with Crippen LogP contribution in [0.5, 0.6) is 5.75 Å². The largest absolute Gasteiger partial charge is 0.439 e. The molecule has 0 saturated heterocycles. The highest BCUT2D eigenvalue weighted by atomic mass is 35.5. The summed E-state index contributed by atoms with van der Waals surface area (Å²) in [5, 5.41) is 0.810. The van der Waals surface area contributed by atoms with Crippen LogP contribution in [0, 0.1) is 0 Å². The van der Waals surface area contributed by atoms with E-state index in [1.807, 2.05) is 12.1 Å². The number of hydrogen-bond acceptors (Lipinski definition) is 3. The van der Waals surface area contributed by atoms with Crippen LogP contribution < -0.4 is 14.2 Å². The monoisotopic (exact) mass is 611 g/mol. The van der Waals surface area contributed by atoms with Crippen LogP contribution in [0.25, 0.3) is 39.4 Å². The number of anilines is 1. The number of allylic oxidation sites excluding steroid dienone is 6. The number of fused-ring (bicyclic) bond motifs is 2. The molecule has 4 nitrogen and oxygen atoms in total. The van der Waals surface area contributed by atoms with Crippen LogP contribution in [0.1, 0.15) is 39.0 Å². The van der Waals surface area contributed by atoms with Crippen molar-refractivity contribution in [2.45, 2.75) is 39.7 Å². The highest BCUT2D eigenvalue weighted by Gasteiger charge is 2.26. The lowest BCUT2D eigenvalue weighted by molar-refractivity contribution is -0.674. The fourth-order valence-corrected chi connectivity index (χ4v) is 6.59. The SMILES string of the molecule is CCN1/C(=C/C=C2\CCCC(/C=C/c3oc4ccc(-c5ccccc5)cc4[n+]3CC)=C2Cl)Oc2ccc(-c3ccccc3)cc21. The Morgan fingerprint density at radius 1 is 0.778 bits per heavy atom. The number of oxazole rings is 1. The lowest BCUT2D eigenvalue weighted by atomic mass is 9.94. The molecule has 0 saturated carbocycles. The molecule has 0 N–H and O–H groups in total. The van der Waals surface area contributed by atoms with Crippen molar-refractivity contribution in [2.24, 2.45) is 0 Å². The summed E-state index contributed by atoms with van der Waals surface area (Å²) in [7, 11) is 0. The van der Waals surface area contributed by atoms with E-state index in [9.17, 15) is 0 Å². The average Bonchev–Trinajstić information content (AvgIpc) is 3.64. The van der Waals surface area contributed by atoms with Crippen molar-refractivity contribution in [2.75, 3.05) is 11.4 Å². The van der Waals surface area contributed by atoms with Gasteiger partial charge in [-0.3, -0.25) is 0 Å². The van der Waals surface area contributed by atoms with Crippen LogP contribution in [-0.2, 0) is 6.54 Å². The van der Waals surface area contributed by atoms with Crippen molar-refractivity contribution in [3.63, 3.8) is 0 Å². The first-order valence-electron chi connectivity index (χ1n) is 15.8. The predicted octanol–water partition coefficient (Wildman–Crippen LogP) is 10.5. The van der Waals surface area contributed by atoms with Gasteiger partial charge in [0.15, 0.2) is 5.75 Å². The minimum Gasteiger partial charge on any atom is -0.439 e. The van der Waals surface area contributed by atoms with Gasteiger partial charge in [0.25, 0.3) is 5.52 Å². The molecule has 0 fully saturated rings. The third kappa shape index (κ3) is 5.74. The number of halogens is 1. The number of aromatic nitrogens is 1. The van der Waals surface area contributed by atoms with E-state index >= 15 is 0 Å². The van der Waals surface area contributed by atoms with Gasteiger partial charge in [0, 0.05) is 17.6 Å². The normalized spacial score (nSPS) is 16.7. The Balaban J connectivity index is 1.14. The maximum atomic E-state index is 7.03. The standard InChI is InChI=1S/C40H36ClN2O2/c1-3-42-34-26-32(28-12-7-5-8-13-28)18-22-36(34)44-38(42)24-20-30-16-11-17-31(40(30)41)21-25-39-43(4-2)35-27-33(19-23-37(35)45-39)29-14-9-6-10-15-29/h5-10,12-15,18-27H,3-4,11,16-17H2,1-2H3/q+1. The molecule has 0 radical (unpaired) electrons. The molecule has 224 valence electrons. The molecule has 5 aromatic rings. The quantitative estimate of drug-likeness (QED) is 0.171. The average molecular weight is 612 g/mol. The molecule has 2 aliphatic rings. The Morgan fingerprint density at radius 3 is 2.20 bits per heavy atom. The minimum absolute atomic E-state index is 0.805. The van der Waals surface area contributed by atoms with Gasteiger partial charge >= 0.3 is 5.89 Å². The summed E-state index contributed by atoms with van der Waals surface area (Å²) >= 11 is 7.03. The first kappa shape index (κ1) is 28.9. The summed E-state index contributed by atoms with van der Waals surface area (Å²) < 4.78 is 14.8. The van der Waals surface area contributed by atoms with Crippen LogP contribution in [0.15, 0.2) is 142 Å². The van der Waals surface area contributed by atoms with Gasteiger partial charge in [-0.25, -0.2) is 0 Å². The molecule has 1 aromatic heterocycles. The van der Waals surface area contributed by atoms with E-state index in [2.05, 4.69) is 133 Å². The number of rotatable bonds is 7. The molecule has 5 heteroatoms. The van der Waals surface area contributed by atoms with Crippen LogP contribution in [0.4, 0.5) is 5.69 Å². The van der Waals surface area contributed by atoms with E-state index in [1.165, 1.54) is 22.3 Å². The fourth-order valence-electron chi connectivity index (χ4n) is 6.27. The van der Waals surface area contributed by atoms with E-state index in [-0.39, 0.29) is 0 Å². The van der Waals surface area contributed by atoms with E-state index in [4.69, 9.17) is 20.8 Å². The summed E-state index contributed by atoms with van der Waals surface area (Å²) in [4.78, 5) is 2.22. The highest BCUT2D eigenvalue weighted by molar-refractivity contribution is 6.32. The van der Waals surface area contributed by atoms with Gasteiger partial charge in [0.1, 0.15) is 6.54 Å². The summed E-state index contributed by atoms with van der Waals surface area (Å²) in [6, 6.07) is 33.7. The van der Waals surface area contributed by atoms with E-state index in [0.717, 1.165) is 82.8 Å². The van der Waals surface area contributed by atoms with Gasteiger partial charge < -0.3 is 14.1 Å². The van der Waals surface area contributed by atoms with Crippen molar-refractivity contribution >= 4 is 34.5 Å². The number of benzene rings is 4. The van der Waals surface area contributed by atoms with Gasteiger partial charge in [-0.2, -0.15) is 4.57 Å². The van der Waals surface area contributed by atoms with Crippen LogP contribution in [0.2, 0.25) is 0 Å². The Morgan fingerprint density at radius 2 is 1.49 bits per heavy atom. The Hall–Kier alpha value is -4.80. The van der Waals surface area contributed by atoms with Crippen molar-refractivity contribution in [1.29, 1.82) is 0 Å². The summed E-state index contributed by atoms with van der Waals surface area (Å²) in [5.41, 5.74) is 10.0. The molecule has 0 unspecified atom stereocenters. The van der Waals surface area contributed by atoms with Gasteiger partial charge in [-0.15, -0.1) is 0 Å². The lowest BCUT2D eigenvalue weighted by Gasteiger charge is -2.18. The number of ether oxygens (including phenoxy) is 1. The van der Waals surface area contributed by atoms with Gasteiger partial charge in [0.2, 0.25) is 11.5 Å². The number of nitrogens with zero attached hydrogens (tertiary/aromatic N) is 2. The topological polar surface area (TPSA) is 29.5 Å². The minimum atomic E-state index is 0.805. The van der Waals surface area contributed by atoms with Crippen LogP contribution in [-0.4, -0.2) is 6.54 Å². The van der Waals surface area contributed by atoms with Gasteiger partial charge in [-0.05, 0) is 96.9 Å². The molecule has 0 atom stereocenters. The second-order valence-electron chi connectivity index (χ2n) is 11.4. The molecule has 0 bridgehead atoms. The second-order valence-corrected chi connectivity index (χ2v) is 11.7. The molecule has 1 aliphatic carbocycles. The molecular weight excluding hydrogens is 576 g/mol. The van der Waals surface area contributed by atoms with Crippen molar-refractivity contribution < 1.29 is 13.7 Å². The fraction of sp³-hybridized carbons (Fsp3) is 0.175. The zero-order chi connectivity index (χ0) is 30.8. The Labute approximate surface area is 269 Å². The first-order valence-corrected chi connectivity index (χ1v) is 16.2. The molecular formula is C40H36ClN2O2+. The summed E-state index contributed by atoms with van der Waals surface area (Å²) in [6.45, 7) is 5.90. The second kappa shape index (κ2) is 12.7. The highest BCUT2D eigenvalue weighted by Crippen LogP contribution is 2.42. The molecule has 45 heavy (non-hydrogen) atoms. The van der Waals surface area contributed by atoms with Crippen molar-refractivity contribution in [3.8, 4) is 28.0 Å². The van der Waals surface area contributed by atoms with Crippen LogP contribution >= 0.6 is 11.6 Å². The molecule has 4 aromatic carbocycles. The summed E-state index contributed by atoms with van der Waals surface area (Å²) in [5.74, 6) is 2.51.